The first-order valence-electron chi connectivity index (χ1n) is 10.7. The molecule has 188 valence electrons. The van der Waals surface area contributed by atoms with E-state index < -0.39 is 16.1 Å². The molecule has 1 atom stereocenters. The van der Waals surface area contributed by atoms with Gasteiger partial charge in [-0.1, -0.05) is 24.3 Å². The highest BCUT2D eigenvalue weighted by molar-refractivity contribution is 7.92. The number of hydrogen-bond donors (Lipinski definition) is 5. The predicted octanol–water partition coefficient (Wildman–Crippen LogP) is 2.63. The number of anilines is 2. The monoisotopic (exact) mass is 520 g/mol. The fraction of sp³-hybridized carbons (Fsp3) is 0.250. The van der Waals surface area contributed by atoms with Crippen LogP contribution in [-0.2, 0) is 27.7 Å². The van der Waals surface area contributed by atoms with Gasteiger partial charge in [0.1, 0.15) is 5.75 Å². The van der Waals surface area contributed by atoms with E-state index in [1.165, 1.54) is 18.2 Å². The van der Waals surface area contributed by atoms with E-state index in [9.17, 15) is 23.4 Å². The molecule has 0 fully saturated rings. The van der Waals surface area contributed by atoms with Gasteiger partial charge in [0.2, 0.25) is 15.9 Å². The van der Waals surface area contributed by atoms with Gasteiger partial charge in [0.25, 0.3) is 0 Å². The summed E-state index contributed by atoms with van der Waals surface area (Å²) in [5, 5.41) is 26.2. The lowest BCUT2D eigenvalue weighted by atomic mass is 10.1. The highest BCUT2D eigenvalue weighted by Gasteiger charge is 2.13. The van der Waals surface area contributed by atoms with Crippen LogP contribution in [0, 0.1) is 0 Å². The molecule has 0 bridgehead atoms. The number of aliphatic hydroxyl groups is 1. The Kier molecular flexibility index (Phi) is 10.5. The van der Waals surface area contributed by atoms with Crippen molar-refractivity contribution in [3.63, 3.8) is 0 Å². The number of aromatic hydroxyl groups is 1. The fourth-order valence-electron chi connectivity index (χ4n) is 3.26. The summed E-state index contributed by atoms with van der Waals surface area (Å²) < 4.78 is 25.0. The molecule has 0 saturated carbocycles. The van der Waals surface area contributed by atoms with Crippen molar-refractivity contribution in [2.75, 3.05) is 29.4 Å². The van der Waals surface area contributed by atoms with Crippen molar-refractivity contribution < 1.29 is 23.4 Å². The Morgan fingerprint density at radius 3 is 2.49 bits per heavy atom. The van der Waals surface area contributed by atoms with Gasteiger partial charge in [0, 0.05) is 24.1 Å². The molecule has 0 aliphatic carbocycles. The Labute approximate surface area is 211 Å². The standard InChI is InChI=1S/C24H28N4O5S.ClH/c1-34(32,33)28-21-14-18(7-10-22(21)29)23(30)16-25-13-11-17-5-8-19(9-6-17)27-24(31)15-20-4-2-3-12-26-20;/h2-10,12,14,23,25,28-30H,11,13,15-16H2,1H3,(H,27,31);1H. The van der Waals surface area contributed by atoms with Crippen molar-refractivity contribution in [3.05, 3.63) is 83.7 Å². The number of benzene rings is 2. The molecule has 0 saturated heterocycles. The summed E-state index contributed by atoms with van der Waals surface area (Å²) in [6.45, 7) is 0.861. The van der Waals surface area contributed by atoms with E-state index in [-0.39, 0.29) is 42.7 Å². The number of carbonyl (C=O) groups is 1. The maximum atomic E-state index is 12.1. The van der Waals surface area contributed by atoms with Crippen LogP contribution in [0.2, 0.25) is 0 Å². The van der Waals surface area contributed by atoms with Crippen LogP contribution in [0.4, 0.5) is 11.4 Å². The third-order valence-corrected chi connectivity index (χ3v) is 5.53. The van der Waals surface area contributed by atoms with Crippen LogP contribution in [-0.4, -0.2) is 48.9 Å². The number of pyridine rings is 1. The minimum Gasteiger partial charge on any atom is -0.506 e. The molecule has 1 aromatic heterocycles. The van der Waals surface area contributed by atoms with E-state index in [4.69, 9.17) is 0 Å². The second kappa shape index (κ2) is 13.1. The van der Waals surface area contributed by atoms with Crippen LogP contribution < -0.4 is 15.4 Å². The molecule has 3 rings (SSSR count). The van der Waals surface area contributed by atoms with Gasteiger partial charge in [-0.25, -0.2) is 8.42 Å². The molecular weight excluding hydrogens is 492 g/mol. The second-order valence-corrected chi connectivity index (χ2v) is 9.61. The topological polar surface area (TPSA) is 141 Å². The highest BCUT2D eigenvalue weighted by atomic mass is 35.5. The molecule has 0 radical (unpaired) electrons. The molecule has 0 aliphatic rings. The number of nitrogens with zero attached hydrogens (tertiary/aromatic N) is 1. The van der Waals surface area contributed by atoms with Gasteiger partial charge < -0.3 is 20.8 Å². The molecule has 11 heteroatoms. The number of nitrogens with one attached hydrogen (secondary N) is 3. The minimum atomic E-state index is -3.55. The van der Waals surface area contributed by atoms with Gasteiger partial charge in [-0.2, -0.15) is 0 Å². The van der Waals surface area contributed by atoms with E-state index in [1.54, 1.807) is 18.3 Å². The van der Waals surface area contributed by atoms with Gasteiger partial charge >= 0.3 is 0 Å². The average Bonchev–Trinajstić information content (AvgIpc) is 2.79. The Bertz CT molecular complexity index is 1210. The number of halogens is 1. The van der Waals surface area contributed by atoms with Crippen molar-refractivity contribution in [1.29, 1.82) is 0 Å². The number of aliphatic hydroxyl groups excluding tert-OH is 1. The first-order chi connectivity index (χ1) is 16.2. The lowest BCUT2D eigenvalue weighted by Crippen LogP contribution is -2.24. The van der Waals surface area contributed by atoms with E-state index >= 15 is 0 Å². The summed E-state index contributed by atoms with van der Waals surface area (Å²) in [7, 11) is -3.55. The number of hydrogen-bond acceptors (Lipinski definition) is 7. The molecule has 1 amide bonds. The molecular formula is C24H29ClN4O5S. The number of sulfonamides is 1. The van der Waals surface area contributed by atoms with E-state index in [2.05, 4.69) is 20.3 Å². The molecule has 2 aromatic carbocycles. The maximum Gasteiger partial charge on any atom is 0.230 e. The number of aromatic nitrogens is 1. The van der Waals surface area contributed by atoms with Crippen LogP contribution in [0.5, 0.6) is 5.75 Å². The quantitative estimate of drug-likeness (QED) is 0.193. The third kappa shape index (κ3) is 9.53. The number of phenols is 1. The van der Waals surface area contributed by atoms with Crippen LogP contribution in [0.1, 0.15) is 22.9 Å². The van der Waals surface area contributed by atoms with E-state index in [1.807, 2.05) is 30.3 Å². The number of phenolic OH excluding ortho intramolecular Hbond substituents is 1. The lowest BCUT2D eigenvalue weighted by molar-refractivity contribution is -0.115. The van der Waals surface area contributed by atoms with Crippen molar-refractivity contribution in [1.82, 2.24) is 10.3 Å². The van der Waals surface area contributed by atoms with E-state index in [0.29, 0.717) is 29.9 Å². The molecule has 0 aliphatic heterocycles. The van der Waals surface area contributed by atoms with Crippen molar-refractivity contribution >= 4 is 39.7 Å². The zero-order chi connectivity index (χ0) is 24.6. The highest BCUT2D eigenvalue weighted by Crippen LogP contribution is 2.27. The first kappa shape index (κ1) is 28.1. The van der Waals surface area contributed by atoms with Gasteiger partial charge in [0.05, 0.1) is 24.5 Å². The molecule has 3 aromatic rings. The van der Waals surface area contributed by atoms with Gasteiger partial charge in [-0.3, -0.25) is 14.5 Å². The summed E-state index contributed by atoms with van der Waals surface area (Å²) in [5.41, 5.74) is 2.97. The summed E-state index contributed by atoms with van der Waals surface area (Å²) in [5.74, 6) is -0.350. The normalized spacial score (nSPS) is 11.8. The molecule has 1 heterocycles. The molecule has 0 spiro atoms. The van der Waals surface area contributed by atoms with Crippen molar-refractivity contribution in [2.45, 2.75) is 18.9 Å². The molecule has 9 nitrogen and oxygen atoms in total. The Hall–Kier alpha value is -3.18. The molecule has 35 heavy (non-hydrogen) atoms. The zero-order valence-corrected chi connectivity index (χ0v) is 20.8. The van der Waals surface area contributed by atoms with Crippen molar-refractivity contribution in [3.8, 4) is 5.75 Å². The van der Waals surface area contributed by atoms with Crippen LogP contribution >= 0.6 is 12.4 Å². The second-order valence-electron chi connectivity index (χ2n) is 7.86. The Balaban J connectivity index is 0.00000432. The van der Waals surface area contributed by atoms with Gasteiger partial charge in [0.15, 0.2) is 0 Å². The number of rotatable bonds is 11. The number of amides is 1. The first-order valence-corrected chi connectivity index (χ1v) is 12.6. The largest absolute Gasteiger partial charge is 0.506 e. The van der Waals surface area contributed by atoms with E-state index in [0.717, 1.165) is 11.8 Å². The fourth-order valence-corrected chi connectivity index (χ4v) is 3.82. The smallest absolute Gasteiger partial charge is 0.230 e. The minimum absolute atomic E-state index is 0. The van der Waals surface area contributed by atoms with Crippen LogP contribution in [0.15, 0.2) is 66.9 Å². The number of carbonyl (C=O) groups excluding carboxylic acids is 1. The molecule has 1 unspecified atom stereocenters. The summed E-state index contributed by atoms with van der Waals surface area (Å²) in [4.78, 5) is 16.3. The summed E-state index contributed by atoms with van der Waals surface area (Å²) in [6, 6.07) is 17.3. The lowest BCUT2D eigenvalue weighted by Gasteiger charge is -2.15. The summed E-state index contributed by atoms with van der Waals surface area (Å²) >= 11 is 0. The average molecular weight is 521 g/mol. The SMILES string of the molecule is CS(=O)(=O)Nc1cc(C(O)CNCCc2ccc(NC(=O)Cc3ccccn3)cc2)ccc1O.Cl. The van der Waals surface area contributed by atoms with Crippen LogP contribution in [0.3, 0.4) is 0 Å². The van der Waals surface area contributed by atoms with Gasteiger partial charge in [-0.15, -0.1) is 12.4 Å². The third-order valence-electron chi connectivity index (χ3n) is 4.93. The predicted molar refractivity (Wildman–Crippen MR) is 138 cm³/mol. The van der Waals surface area contributed by atoms with Crippen molar-refractivity contribution in [2.24, 2.45) is 0 Å². The summed E-state index contributed by atoms with van der Waals surface area (Å²) in [6.07, 6.45) is 2.69. The van der Waals surface area contributed by atoms with Crippen LogP contribution in [0.25, 0.3) is 0 Å². The Morgan fingerprint density at radius 2 is 1.83 bits per heavy atom. The Morgan fingerprint density at radius 1 is 1.09 bits per heavy atom. The zero-order valence-electron chi connectivity index (χ0n) is 19.1. The van der Waals surface area contributed by atoms with Gasteiger partial charge in [-0.05, 0) is 60.5 Å². The molecule has 5 N–H and O–H groups in total. The maximum absolute atomic E-state index is 12.1.